The Morgan fingerprint density at radius 1 is 0.625 bits per heavy atom. The zero-order valence-corrected chi connectivity index (χ0v) is 18.4. The summed E-state index contributed by atoms with van der Waals surface area (Å²) >= 11 is 0. The normalized spacial score (nSPS) is 17.6. The maximum Gasteiger partial charge on any atom is 0.273 e. The van der Waals surface area contributed by atoms with Crippen molar-refractivity contribution in [1.29, 1.82) is 0 Å². The molecular weight excluding hydrogens is 404 g/mol. The summed E-state index contributed by atoms with van der Waals surface area (Å²) in [5.41, 5.74) is 7.11. The monoisotopic (exact) mass is 436 g/mol. The maximum absolute atomic E-state index is 12.7. The van der Waals surface area contributed by atoms with Crippen molar-refractivity contribution in [2.24, 2.45) is 0 Å². The largest absolute Gasteiger partial charge is 0.507 e. The van der Waals surface area contributed by atoms with E-state index in [1.54, 1.807) is 24.3 Å². The predicted octanol–water partition coefficient (Wildman–Crippen LogP) is 5.27. The van der Waals surface area contributed by atoms with Crippen molar-refractivity contribution in [3.05, 3.63) is 58.7 Å². The number of carbonyl (C=O) groups excluding carboxylic acids is 2. The van der Waals surface area contributed by atoms with E-state index in [1.807, 2.05) is 12.1 Å². The molecule has 2 saturated carbocycles. The molecule has 6 heteroatoms. The van der Waals surface area contributed by atoms with Crippen LogP contribution in [0.25, 0.3) is 0 Å². The molecule has 2 aromatic carbocycles. The predicted molar refractivity (Wildman–Crippen MR) is 123 cm³/mol. The molecule has 2 amide bonds. The average Bonchev–Trinajstić information content (AvgIpc) is 2.84. The fourth-order valence-electron chi connectivity index (χ4n) is 5.10. The lowest BCUT2D eigenvalue weighted by Crippen LogP contribution is -2.41. The van der Waals surface area contributed by atoms with E-state index < -0.39 is 11.8 Å². The van der Waals surface area contributed by atoms with Crippen molar-refractivity contribution in [2.45, 2.75) is 76.0 Å². The molecule has 6 nitrogen and oxygen atoms in total. The Balaban J connectivity index is 1.43. The summed E-state index contributed by atoms with van der Waals surface area (Å²) in [5.74, 6) is -0.639. The fraction of sp³-hybridized carbons (Fsp3) is 0.462. The van der Waals surface area contributed by atoms with E-state index in [0.717, 1.165) is 36.8 Å². The Morgan fingerprint density at radius 3 is 1.38 bits per heavy atom. The molecule has 4 N–H and O–H groups in total. The summed E-state index contributed by atoms with van der Waals surface area (Å²) in [6.07, 6.45) is 11.5. The molecule has 2 fully saturated rings. The van der Waals surface area contributed by atoms with Crippen molar-refractivity contribution in [3.8, 4) is 11.5 Å². The second kappa shape index (κ2) is 10.1. The minimum absolute atomic E-state index is 0.126. The van der Waals surface area contributed by atoms with Gasteiger partial charge in [-0.25, -0.2) is 0 Å². The van der Waals surface area contributed by atoms with Crippen molar-refractivity contribution in [2.75, 3.05) is 0 Å². The standard InChI is InChI=1S/C26H32N2O4/c29-23-13-11-19(17-7-3-1-4-8-17)15-21(23)25(31)27-28-26(32)22-16-20(12-14-24(22)30)18-9-5-2-6-10-18/h11-18,29-30H,1-10H2,(H,27,31)(H,28,32). The number of hydrogen-bond acceptors (Lipinski definition) is 4. The molecule has 0 bridgehead atoms. The van der Waals surface area contributed by atoms with Crippen LogP contribution in [0.1, 0.15) is 108 Å². The number of phenols is 2. The van der Waals surface area contributed by atoms with Crippen molar-refractivity contribution < 1.29 is 19.8 Å². The van der Waals surface area contributed by atoms with Crippen LogP contribution in [0.2, 0.25) is 0 Å². The quantitative estimate of drug-likeness (QED) is 0.491. The number of carbonyl (C=O) groups is 2. The third-order valence-corrected chi connectivity index (χ3v) is 6.97. The topological polar surface area (TPSA) is 98.7 Å². The van der Waals surface area contributed by atoms with Gasteiger partial charge >= 0.3 is 0 Å². The summed E-state index contributed by atoms with van der Waals surface area (Å²) in [6, 6.07) is 10.3. The summed E-state index contributed by atoms with van der Waals surface area (Å²) in [5, 5.41) is 20.4. The van der Waals surface area contributed by atoms with E-state index in [1.165, 1.54) is 38.5 Å². The number of hydrogen-bond donors (Lipinski definition) is 4. The van der Waals surface area contributed by atoms with Gasteiger partial charge in [0.05, 0.1) is 11.1 Å². The Hall–Kier alpha value is -3.02. The van der Waals surface area contributed by atoms with E-state index >= 15 is 0 Å². The molecule has 0 spiro atoms. The molecule has 0 aromatic heterocycles. The van der Waals surface area contributed by atoms with Gasteiger partial charge in [0, 0.05) is 0 Å². The summed E-state index contributed by atoms with van der Waals surface area (Å²) in [7, 11) is 0. The van der Waals surface area contributed by atoms with E-state index in [4.69, 9.17) is 0 Å². The second-order valence-electron chi connectivity index (χ2n) is 9.13. The van der Waals surface area contributed by atoms with Gasteiger partial charge in [-0.15, -0.1) is 0 Å². The molecule has 32 heavy (non-hydrogen) atoms. The zero-order chi connectivity index (χ0) is 22.5. The zero-order valence-electron chi connectivity index (χ0n) is 18.4. The Labute approximate surface area is 189 Å². The van der Waals surface area contributed by atoms with E-state index in [9.17, 15) is 19.8 Å². The Bertz CT molecular complexity index is 896. The van der Waals surface area contributed by atoms with Crippen molar-refractivity contribution in [1.82, 2.24) is 10.9 Å². The number of aromatic hydroxyl groups is 2. The van der Waals surface area contributed by atoms with Gasteiger partial charge < -0.3 is 10.2 Å². The lowest BCUT2D eigenvalue weighted by Gasteiger charge is -2.23. The van der Waals surface area contributed by atoms with E-state index in [0.29, 0.717) is 11.8 Å². The maximum atomic E-state index is 12.7. The van der Waals surface area contributed by atoms with Crippen LogP contribution in [-0.2, 0) is 0 Å². The molecule has 2 aliphatic rings. The van der Waals surface area contributed by atoms with Crippen LogP contribution in [-0.4, -0.2) is 22.0 Å². The molecule has 0 saturated heterocycles. The Morgan fingerprint density at radius 2 is 1.00 bits per heavy atom. The third-order valence-electron chi connectivity index (χ3n) is 6.97. The summed E-state index contributed by atoms with van der Waals surface area (Å²) in [6.45, 7) is 0. The number of amides is 2. The number of hydrazine groups is 1. The number of benzene rings is 2. The average molecular weight is 437 g/mol. The molecule has 0 radical (unpaired) electrons. The summed E-state index contributed by atoms with van der Waals surface area (Å²) < 4.78 is 0. The molecule has 0 atom stereocenters. The second-order valence-corrected chi connectivity index (χ2v) is 9.13. The van der Waals surface area contributed by atoms with Crippen LogP contribution in [0.4, 0.5) is 0 Å². The molecule has 170 valence electrons. The number of phenolic OH excluding ortho intramolecular Hbond substituents is 2. The van der Waals surface area contributed by atoms with Crippen LogP contribution in [0.15, 0.2) is 36.4 Å². The number of rotatable bonds is 4. The highest BCUT2D eigenvalue weighted by atomic mass is 16.3. The molecule has 2 aliphatic carbocycles. The first-order chi connectivity index (χ1) is 15.5. The van der Waals surface area contributed by atoms with Crippen LogP contribution in [0.5, 0.6) is 11.5 Å². The lowest BCUT2D eigenvalue weighted by atomic mass is 9.83. The first kappa shape index (κ1) is 22.2. The molecule has 0 heterocycles. The summed E-state index contributed by atoms with van der Waals surface area (Å²) in [4.78, 5) is 25.4. The minimum Gasteiger partial charge on any atom is -0.507 e. The minimum atomic E-state index is -0.587. The molecule has 4 rings (SSSR count). The smallest absolute Gasteiger partial charge is 0.273 e. The fourth-order valence-corrected chi connectivity index (χ4v) is 5.10. The highest BCUT2D eigenvalue weighted by Gasteiger charge is 2.21. The molecule has 0 aliphatic heterocycles. The first-order valence-electron chi connectivity index (χ1n) is 11.8. The van der Waals surface area contributed by atoms with Gasteiger partial charge in [0.25, 0.3) is 11.8 Å². The van der Waals surface area contributed by atoms with E-state index in [-0.39, 0.29) is 22.6 Å². The highest BCUT2D eigenvalue weighted by Crippen LogP contribution is 2.35. The Kier molecular flexibility index (Phi) is 6.98. The molecule has 2 aromatic rings. The first-order valence-corrected chi connectivity index (χ1v) is 11.8. The highest BCUT2D eigenvalue weighted by molar-refractivity contribution is 6.01. The van der Waals surface area contributed by atoms with Crippen molar-refractivity contribution >= 4 is 11.8 Å². The van der Waals surface area contributed by atoms with Crippen molar-refractivity contribution in [3.63, 3.8) is 0 Å². The van der Waals surface area contributed by atoms with Crippen LogP contribution < -0.4 is 10.9 Å². The van der Waals surface area contributed by atoms with E-state index in [2.05, 4.69) is 10.9 Å². The van der Waals surface area contributed by atoms with Crippen LogP contribution >= 0.6 is 0 Å². The van der Waals surface area contributed by atoms with Crippen LogP contribution in [0.3, 0.4) is 0 Å². The molecule has 0 unspecified atom stereocenters. The van der Waals surface area contributed by atoms with Gasteiger partial charge in [-0.3, -0.25) is 20.4 Å². The SMILES string of the molecule is O=C(NNC(=O)c1cc(C2CCCCC2)ccc1O)c1cc(C2CCCCC2)ccc1O. The van der Waals surface area contributed by atoms with Gasteiger partial charge in [-0.1, -0.05) is 50.7 Å². The third kappa shape index (κ3) is 5.06. The molecular formula is C26H32N2O4. The van der Waals surface area contributed by atoms with Crippen LogP contribution in [0, 0.1) is 0 Å². The van der Waals surface area contributed by atoms with Gasteiger partial charge in [-0.2, -0.15) is 0 Å². The van der Waals surface area contributed by atoms with Gasteiger partial charge in [0.2, 0.25) is 0 Å². The number of nitrogens with one attached hydrogen (secondary N) is 2. The van der Waals surface area contributed by atoms with Gasteiger partial charge in [0.15, 0.2) is 0 Å². The van der Waals surface area contributed by atoms with Gasteiger partial charge in [-0.05, 0) is 72.9 Å². The van der Waals surface area contributed by atoms with Gasteiger partial charge in [0.1, 0.15) is 11.5 Å². The lowest BCUT2D eigenvalue weighted by molar-refractivity contribution is 0.0843.